The summed E-state index contributed by atoms with van der Waals surface area (Å²) in [5, 5.41) is 11.6. The molecular weight excluding hydrogens is 554 g/mol. The van der Waals surface area contributed by atoms with Gasteiger partial charge in [-0.15, -0.1) is 22.7 Å². The minimum Gasteiger partial charge on any atom is -0.481 e. The Kier molecular flexibility index (Phi) is 10.9. The van der Waals surface area contributed by atoms with Crippen molar-refractivity contribution in [2.24, 2.45) is 0 Å². The number of ether oxygens (including phenoxy) is 1. The van der Waals surface area contributed by atoms with Gasteiger partial charge in [0.25, 0.3) is 0 Å². The Labute approximate surface area is 239 Å². The molecule has 0 unspecified atom stereocenters. The minimum atomic E-state index is -0.840. The first kappa shape index (κ1) is 29.5. The van der Waals surface area contributed by atoms with E-state index < -0.39 is 5.97 Å². The molecule has 4 aromatic rings. The number of halogens is 2. The van der Waals surface area contributed by atoms with Crippen LogP contribution in [-0.4, -0.2) is 61.3 Å². The molecular formula is C30H30F2N2O4S2. The van der Waals surface area contributed by atoms with Crippen molar-refractivity contribution in [3.05, 3.63) is 94.2 Å². The normalized spacial score (nSPS) is 13.3. The van der Waals surface area contributed by atoms with Crippen molar-refractivity contribution in [3.63, 3.8) is 0 Å². The van der Waals surface area contributed by atoms with Crippen molar-refractivity contribution in [1.29, 1.82) is 0 Å². The fraction of sp³-hybridized carbons (Fsp3) is 0.267. The smallest absolute Gasteiger partial charge is 0.308 e. The SMILES string of the molecule is O=C(Cc1ccc(-c2ccc(F)cc2)s1)NCCN1CCOCC1.O=C(O)Cc1ccc(-c2ccc(F)cc2)s1. The van der Waals surface area contributed by atoms with Crippen LogP contribution >= 0.6 is 22.7 Å². The highest BCUT2D eigenvalue weighted by Crippen LogP contribution is 2.29. The fourth-order valence-corrected chi connectivity index (χ4v) is 6.05. The summed E-state index contributed by atoms with van der Waals surface area (Å²) in [6.07, 6.45) is 0.417. The highest BCUT2D eigenvalue weighted by molar-refractivity contribution is 7.15. The van der Waals surface area contributed by atoms with Gasteiger partial charge in [0.15, 0.2) is 0 Å². The summed E-state index contributed by atoms with van der Waals surface area (Å²) in [6, 6.07) is 20.2. The van der Waals surface area contributed by atoms with Crippen LogP contribution in [0.3, 0.4) is 0 Å². The van der Waals surface area contributed by atoms with Crippen molar-refractivity contribution in [2.45, 2.75) is 12.8 Å². The quantitative estimate of drug-likeness (QED) is 0.263. The Hall–Kier alpha value is -3.44. The molecule has 0 radical (unpaired) electrons. The summed E-state index contributed by atoms with van der Waals surface area (Å²) in [5.41, 5.74) is 1.88. The monoisotopic (exact) mass is 584 g/mol. The summed E-state index contributed by atoms with van der Waals surface area (Å²) in [4.78, 5) is 28.7. The van der Waals surface area contributed by atoms with E-state index in [-0.39, 0.29) is 24.0 Å². The lowest BCUT2D eigenvalue weighted by molar-refractivity contribution is -0.136. The molecule has 10 heteroatoms. The molecule has 2 aromatic carbocycles. The van der Waals surface area contributed by atoms with E-state index >= 15 is 0 Å². The number of nitrogens with one attached hydrogen (secondary N) is 1. The largest absolute Gasteiger partial charge is 0.481 e. The van der Waals surface area contributed by atoms with Gasteiger partial charge in [0.05, 0.1) is 26.1 Å². The van der Waals surface area contributed by atoms with E-state index in [1.54, 1.807) is 41.7 Å². The molecule has 210 valence electrons. The lowest BCUT2D eigenvalue weighted by Gasteiger charge is -2.26. The number of thiophene rings is 2. The van der Waals surface area contributed by atoms with Crippen LogP contribution in [-0.2, 0) is 27.2 Å². The van der Waals surface area contributed by atoms with Gasteiger partial charge in [-0.25, -0.2) is 8.78 Å². The number of carbonyl (C=O) groups is 2. The van der Waals surface area contributed by atoms with Crippen molar-refractivity contribution in [1.82, 2.24) is 10.2 Å². The topological polar surface area (TPSA) is 78.9 Å². The predicted octanol–water partition coefficient (Wildman–Crippen LogP) is 5.73. The standard InChI is InChI=1S/C18H21FN2O2S.C12H9FO2S/c19-15-3-1-14(2-4-15)17-6-5-16(24-17)13-18(22)20-7-8-21-9-11-23-12-10-21;13-9-3-1-8(2-4-9)11-6-5-10(16-11)7-12(14)15/h1-6H,7-13H2,(H,20,22);1-6H,7H2,(H,14,15). The molecule has 0 bridgehead atoms. The minimum absolute atomic E-state index is 0.0336. The summed E-state index contributed by atoms with van der Waals surface area (Å²) >= 11 is 2.99. The third-order valence-electron chi connectivity index (χ3n) is 6.09. The summed E-state index contributed by atoms with van der Waals surface area (Å²) in [7, 11) is 0. The molecule has 0 aliphatic carbocycles. The van der Waals surface area contributed by atoms with Gasteiger partial charge in [-0.2, -0.15) is 0 Å². The second-order valence-electron chi connectivity index (χ2n) is 9.10. The van der Waals surface area contributed by atoms with E-state index in [4.69, 9.17) is 9.84 Å². The van der Waals surface area contributed by atoms with E-state index in [9.17, 15) is 18.4 Å². The van der Waals surface area contributed by atoms with Crippen molar-refractivity contribution < 1.29 is 28.2 Å². The Bertz CT molecular complexity index is 1380. The van der Waals surface area contributed by atoms with Gasteiger partial charge < -0.3 is 15.2 Å². The molecule has 0 saturated carbocycles. The number of aliphatic carboxylic acids is 1. The predicted molar refractivity (Wildman–Crippen MR) is 155 cm³/mol. The summed E-state index contributed by atoms with van der Waals surface area (Å²) in [6.45, 7) is 4.93. The zero-order valence-corrected chi connectivity index (χ0v) is 23.4. The average molecular weight is 585 g/mol. The molecule has 6 nitrogen and oxygen atoms in total. The number of carboxylic acids is 1. The van der Waals surface area contributed by atoms with Crippen molar-refractivity contribution >= 4 is 34.6 Å². The third-order valence-corrected chi connectivity index (χ3v) is 8.36. The first-order valence-corrected chi connectivity index (χ1v) is 14.5. The number of hydrogen-bond donors (Lipinski definition) is 2. The first-order valence-electron chi connectivity index (χ1n) is 12.8. The van der Waals surface area contributed by atoms with Crippen molar-refractivity contribution in [2.75, 3.05) is 39.4 Å². The van der Waals surface area contributed by atoms with Crippen LogP contribution in [0.15, 0.2) is 72.8 Å². The summed E-state index contributed by atoms with van der Waals surface area (Å²) < 4.78 is 31.0. The van der Waals surface area contributed by atoms with E-state index in [0.29, 0.717) is 13.0 Å². The lowest BCUT2D eigenvalue weighted by atomic mass is 10.2. The molecule has 1 fully saturated rings. The number of amides is 1. The van der Waals surface area contributed by atoms with Gasteiger partial charge in [0.1, 0.15) is 11.6 Å². The fourth-order valence-electron chi connectivity index (χ4n) is 4.03. The Morgan fingerprint density at radius 3 is 1.77 bits per heavy atom. The molecule has 1 aliphatic heterocycles. The molecule has 1 amide bonds. The van der Waals surface area contributed by atoms with Crippen LogP contribution in [0.5, 0.6) is 0 Å². The number of morpholine rings is 1. The molecule has 3 heterocycles. The number of hydrogen-bond acceptors (Lipinski definition) is 6. The first-order chi connectivity index (χ1) is 19.4. The second-order valence-corrected chi connectivity index (χ2v) is 11.4. The van der Waals surface area contributed by atoms with Gasteiger partial charge >= 0.3 is 5.97 Å². The number of nitrogens with zero attached hydrogens (tertiary/aromatic N) is 1. The van der Waals surface area contributed by atoms with E-state index in [0.717, 1.165) is 63.5 Å². The average Bonchev–Trinajstić information content (AvgIpc) is 3.60. The highest BCUT2D eigenvalue weighted by atomic mass is 32.1. The zero-order valence-electron chi connectivity index (χ0n) is 21.8. The Balaban J connectivity index is 0.000000201. The van der Waals surface area contributed by atoms with E-state index in [1.165, 1.54) is 35.6 Å². The molecule has 2 N–H and O–H groups in total. The highest BCUT2D eigenvalue weighted by Gasteiger charge is 2.11. The number of benzene rings is 2. The number of carboxylic acid groups (broad SMARTS) is 1. The van der Waals surface area contributed by atoms with Gasteiger partial charge in [-0.3, -0.25) is 14.5 Å². The zero-order chi connectivity index (χ0) is 28.3. The molecule has 0 atom stereocenters. The second kappa shape index (κ2) is 14.8. The van der Waals surface area contributed by atoms with Gasteiger partial charge in [0, 0.05) is 45.7 Å². The van der Waals surface area contributed by atoms with Gasteiger partial charge in [-0.05, 0) is 59.7 Å². The van der Waals surface area contributed by atoms with Gasteiger partial charge in [0.2, 0.25) is 5.91 Å². The molecule has 1 aliphatic rings. The van der Waals surface area contributed by atoms with Crippen LogP contribution in [0, 0.1) is 11.6 Å². The summed E-state index contributed by atoms with van der Waals surface area (Å²) in [5.74, 6) is -1.32. The lowest BCUT2D eigenvalue weighted by Crippen LogP contribution is -2.41. The van der Waals surface area contributed by atoms with Crippen LogP contribution < -0.4 is 5.32 Å². The molecule has 1 saturated heterocycles. The van der Waals surface area contributed by atoms with Crippen LogP contribution in [0.4, 0.5) is 8.78 Å². The molecule has 2 aromatic heterocycles. The third kappa shape index (κ3) is 9.34. The maximum Gasteiger partial charge on any atom is 0.308 e. The number of rotatable bonds is 9. The maximum atomic E-state index is 13.0. The van der Waals surface area contributed by atoms with Crippen molar-refractivity contribution in [3.8, 4) is 20.9 Å². The number of carbonyl (C=O) groups excluding carboxylic acids is 1. The van der Waals surface area contributed by atoms with Crippen LogP contribution in [0.2, 0.25) is 0 Å². The molecule has 5 rings (SSSR count). The van der Waals surface area contributed by atoms with E-state index in [2.05, 4.69) is 10.2 Å². The molecule has 0 spiro atoms. The van der Waals surface area contributed by atoms with E-state index in [1.807, 2.05) is 18.2 Å². The Morgan fingerprint density at radius 2 is 1.27 bits per heavy atom. The van der Waals surface area contributed by atoms with Gasteiger partial charge in [-0.1, -0.05) is 24.3 Å². The van der Waals surface area contributed by atoms with Crippen LogP contribution in [0.1, 0.15) is 9.75 Å². The van der Waals surface area contributed by atoms with Crippen LogP contribution in [0.25, 0.3) is 20.9 Å². The molecule has 40 heavy (non-hydrogen) atoms. The Morgan fingerprint density at radius 1 is 0.775 bits per heavy atom. The maximum absolute atomic E-state index is 13.0.